The van der Waals surface area contributed by atoms with Gasteiger partial charge in [-0.2, -0.15) is 0 Å². The van der Waals surface area contributed by atoms with Crippen LogP contribution in [0.2, 0.25) is 0 Å². The SMILES string of the molecule is NC(=O)CN1CCC(C(=O)N2CCC[C@@](CO)(CC3CC3)C2)CC1. The van der Waals surface area contributed by atoms with Gasteiger partial charge in [0.1, 0.15) is 0 Å². The third-order valence-corrected chi connectivity index (χ3v) is 6.04. The molecule has 0 spiro atoms. The van der Waals surface area contributed by atoms with Crippen LogP contribution in [0.15, 0.2) is 0 Å². The summed E-state index contributed by atoms with van der Waals surface area (Å²) in [5, 5.41) is 9.96. The molecule has 2 saturated heterocycles. The van der Waals surface area contributed by atoms with E-state index in [0.29, 0.717) is 6.54 Å². The molecule has 0 unspecified atom stereocenters. The van der Waals surface area contributed by atoms with Crippen molar-refractivity contribution in [3.8, 4) is 0 Å². The van der Waals surface area contributed by atoms with Crippen molar-refractivity contribution >= 4 is 11.8 Å². The third kappa shape index (κ3) is 4.28. The van der Waals surface area contributed by atoms with Crippen molar-refractivity contribution in [3.05, 3.63) is 0 Å². The Bertz CT molecular complexity index is 472. The molecule has 0 aromatic rings. The quantitative estimate of drug-likeness (QED) is 0.742. The Morgan fingerprint density at radius 1 is 1.12 bits per heavy atom. The maximum atomic E-state index is 12.9. The van der Waals surface area contributed by atoms with E-state index in [1.165, 1.54) is 12.8 Å². The number of rotatable bonds is 6. The molecule has 6 heteroatoms. The molecule has 0 bridgehead atoms. The first-order valence-electron chi connectivity index (χ1n) is 9.42. The molecule has 2 aliphatic heterocycles. The van der Waals surface area contributed by atoms with Crippen molar-refractivity contribution < 1.29 is 14.7 Å². The van der Waals surface area contributed by atoms with Crippen molar-refractivity contribution in [2.24, 2.45) is 23.0 Å². The maximum absolute atomic E-state index is 12.9. The number of carbonyl (C=O) groups excluding carboxylic acids is 2. The van der Waals surface area contributed by atoms with Gasteiger partial charge in [-0.05, 0) is 51.1 Å². The lowest BCUT2D eigenvalue weighted by molar-refractivity contribution is -0.141. The Balaban J connectivity index is 1.53. The highest BCUT2D eigenvalue weighted by Crippen LogP contribution is 2.44. The molecule has 3 fully saturated rings. The monoisotopic (exact) mass is 337 g/mol. The Hall–Kier alpha value is -1.14. The fraction of sp³-hybridized carbons (Fsp3) is 0.889. The molecule has 1 saturated carbocycles. The summed E-state index contributed by atoms with van der Waals surface area (Å²) in [4.78, 5) is 28.0. The van der Waals surface area contributed by atoms with E-state index in [1.807, 2.05) is 9.80 Å². The van der Waals surface area contributed by atoms with Gasteiger partial charge in [0.05, 0.1) is 13.2 Å². The molecule has 3 N–H and O–H groups in total. The molecule has 3 aliphatic rings. The van der Waals surface area contributed by atoms with Crippen molar-refractivity contribution in [2.45, 2.75) is 44.9 Å². The summed E-state index contributed by atoms with van der Waals surface area (Å²) in [6, 6.07) is 0. The molecule has 0 aromatic heterocycles. The van der Waals surface area contributed by atoms with E-state index in [-0.39, 0.29) is 29.8 Å². The van der Waals surface area contributed by atoms with E-state index in [0.717, 1.165) is 64.2 Å². The molecular weight excluding hydrogens is 306 g/mol. The second kappa shape index (κ2) is 7.40. The van der Waals surface area contributed by atoms with Crippen LogP contribution < -0.4 is 5.73 Å². The zero-order chi connectivity index (χ0) is 17.2. The first-order chi connectivity index (χ1) is 11.5. The normalized spacial score (nSPS) is 29.6. The summed E-state index contributed by atoms with van der Waals surface area (Å²) >= 11 is 0. The molecule has 1 aliphatic carbocycles. The van der Waals surface area contributed by atoms with Gasteiger partial charge in [0.25, 0.3) is 0 Å². The van der Waals surface area contributed by atoms with Gasteiger partial charge in [-0.3, -0.25) is 14.5 Å². The van der Waals surface area contributed by atoms with Gasteiger partial charge in [-0.1, -0.05) is 12.8 Å². The first-order valence-corrected chi connectivity index (χ1v) is 9.42. The predicted molar refractivity (Wildman–Crippen MR) is 91.0 cm³/mol. The standard InChI is InChI=1S/C18H31N3O3/c19-16(23)11-20-8-4-15(5-9-20)17(24)21-7-1-6-18(12-21,13-22)10-14-2-3-14/h14-15,22H,1-13H2,(H2,19,23)/t18-/m1/s1. The zero-order valence-electron chi connectivity index (χ0n) is 14.6. The van der Waals surface area contributed by atoms with Crippen LogP contribution in [0.5, 0.6) is 0 Å². The average molecular weight is 337 g/mol. The smallest absolute Gasteiger partial charge is 0.231 e. The molecule has 0 aromatic carbocycles. The molecule has 0 radical (unpaired) electrons. The van der Waals surface area contributed by atoms with E-state index in [9.17, 15) is 14.7 Å². The predicted octanol–water partition coefficient (Wildman–Crippen LogP) is 0.585. The van der Waals surface area contributed by atoms with Crippen LogP contribution >= 0.6 is 0 Å². The number of primary amides is 1. The number of carbonyl (C=O) groups is 2. The second-order valence-electron chi connectivity index (χ2n) is 8.19. The Kier molecular flexibility index (Phi) is 5.45. The number of hydrogen-bond acceptors (Lipinski definition) is 4. The van der Waals surface area contributed by atoms with Gasteiger partial charge in [0.15, 0.2) is 0 Å². The number of aliphatic hydroxyl groups excluding tert-OH is 1. The van der Waals surface area contributed by atoms with E-state index < -0.39 is 0 Å². The third-order valence-electron chi connectivity index (χ3n) is 6.04. The van der Waals surface area contributed by atoms with Gasteiger partial charge < -0.3 is 15.7 Å². The highest BCUT2D eigenvalue weighted by atomic mass is 16.3. The van der Waals surface area contributed by atoms with Crippen molar-refractivity contribution in [1.29, 1.82) is 0 Å². The van der Waals surface area contributed by atoms with E-state index in [1.54, 1.807) is 0 Å². The lowest BCUT2D eigenvalue weighted by Gasteiger charge is -2.44. The summed E-state index contributed by atoms with van der Waals surface area (Å²) in [5.74, 6) is 0.777. The minimum atomic E-state index is -0.302. The minimum Gasteiger partial charge on any atom is -0.396 e. The number of aliphatic hydroxyl groups is 1. The number of nitrogens with two attached hydrogens (primary N) is 1. The molecular formula is C18H31N3O3. The van der Waals surface area contributed by atoms with Crippen LogP contribution in [0.25, 0.3) is 0 Å². The number of likely N-dealkylation sites (tertiary alicyclic amines) is 2. The molecule has 136 valence electrons. The molecule has 2 amide bonds. The molecule has 1 atom stereocenters. The highest BCUT2D eigenvalue weighted by molar-refractivity contribution is 5.79. The van der Waals surface area contributed by atoms with Crippen molar-refractivity contribution in [3.63, 3.8) is 0 Å². The number of piperidine rings is 2. The number of amides is 2. The van der Waals surface area contributed by atoms with Crippen molar-refractivity contribution in [1.82, 2.24) is 9.80 Å². The summed E-state index contributed by atoms with van der Waals surface area (Å²) < 4.78 is 0. The van der Waals surface area contributed by atoms with E-state index >= 15 is 0 Å². The Morgan fingerprint density at radius 3 is 2.42 bits per heavy atom. The first kappa shape index (κ1) is 17.7. The van der Waals surface area contributed by atoms with Crippen LogP contribution in [0.3, 0.4) is 0 Å². The molecule has 24 heavy (non-hydrogen) atoms. The van der Waals surface area contributed by atoms with Gasteiger partial charge in [0.2, 0.25) is 11.8 Å². The highest BCUT2D eigenvalue weighted by Gasteiger charge is 2.42. The van der Waals surface area contributed by atoms with Crippen molar-refractivity contribution in [2.75, 3.05) is 39.3 Å². The largest absolute Gasteiger partial charge is 0.396 e. The average Bonchev–Trinajstić information content (AvgIpc) is 3.38. The lowest BCUT2D eigenvalue weighted by Crippen LogP contribution is -2.51. The van der Waals surface area contributed by atoms with Crippen LogP contribution in [0.4, 0.5) is 0 Å². The lowest BCUT2D eigenvalue weighted by atomic mass is 9.76. The maximum Gasteiger partial charge on any atom is 0.231 e. The van der Waals surface area contributed by atoms with Gasteiger partial charge >= 0.3 is 0 Å². The van der Waals surface area contributed by atoms with E-state index in [4.69, 9.17) is 5.73 Å². The summed E-state index contributed by atoms with van der Waals surface area (Å²) in [5.41, 5.74) is 5.18. The van der Waals surface area contributed by atoms with Crippen LogP contribution in [-0.4, -0.2) is 66.1 Å². The number of nitrogens with zero attached hydrogens (tertiary/aromatic N) is 2. The zero-order valence-corrected chi connectivity index (χ0v) is 14.6. The summed E-state index contributed by atoms with van der Waals surface area (Å²) in [7, 11) is 0. The topological polar surface area (TPSA) is 86.9 Å². The van der Waals surface area contributed by atoms with Crippen LogP contribution in [-0.2, 0) is 9.59 Å². The fourth-order valence-electron chi connectivity index (χ4n) is 4.51. The molecule has 2 heterocycles. The molecule has 6 nitrogen and oxygen atoms in total. The summed E-state index contributed by atoms with van der Waals surface area (Å²) in [6.45, 7) is 3.57. The molecule has 3 rings (SSSR count). The van der Waals surface area contributed by atoms with Gasteiger partial charge in [-0.25, -0.2) is 0 Å². The Morgan fingerprint density at radius 2 is 1.83 bits per heavy atom. The number of hydrogen-bond donors (Lipinski definition) is 2. The van der Waals surface area contributed by atoms with Gasteiger partial charge in [-0.15, -0.1) is 0 Å². The summed E-state index contributed by atoms with van der Waals surface area (Å²) in [6.07, 6.45) is 7.29. The van der Waals surface area contributed by atoms with Gasteiger partial charge in [0, 0.05) is 24.4 Å². The Labute approximate surface area is 144 Å². The fourth-order valence-corrected chi connectivity index (χ4v) is 4.51. The van der Waals surface area contributed by atoms with Crippen LogP contribution in [0.1, 0.15) is 44.9 Å². The minimum absolute atomic E-state index is 0.0598. The van der Waals surface area contributed by atoms with Crippen LogP contribution in [0, 0.1) is 17.3 Å². The van der Waals surface area contributed by atoms with E-state index in [2.05, 4.69) is 0 Å². The second-order valence-corrected chi connectivity index (χ2v) is 8.19.